The molecule has 0 bridgehead atoms. The van der Waals surface area contributed by atoms with Crippen LogP contribution in [0.3, 0.4) is 0 Å². The second-order valence-electron chi connectivity index (χ2n) is 5.24. The number of alkyl halides is 1. The zero-order valence-electron chi connectivity index (χ0n) is 10.7. The highest BCUT2D eigenvalue weighted by Gasteiger charge is 2.35. The van der Waals surface area contributed by atoms with Crippen molar-refractivity contribution in [2.75, 3.05) is 19.0 Å². The van der Waals surface area contributed by atoms with Gasteiger partial charge < -0.3 is 9.64 Å². The lowest BCUT2D eigenvalue weighted by atomic mass is 10.0. The molecule has 100 valence electrons. The smallest absolute Gasteiger partial charge is 0.227 e. The fourth-order valence-electron chi connectivity index (χ4n) is 2.25. The van der Waals surface area contributed by atoms with Crippen LogP contribution in [0, 0.1) is 0 Å². The number of amides is 1. The summed E-state index contributed by atoms with van der Waals surface area (Å²) in [6.07, 6.45) is 0.399. The van der Waals surface area contributed by atoms with Gasteiger partial charge in [0.1, 0.15) is 0 Å². The maximum atomic E-state index is 12.2. The van der Waals surface area contributed by atoms with Gasteiger partial charge in [-0.3, -0.25) is 4.79 Å². The number of carbonyl (C=O) groups is 1. The van der Waals surface area contributed by atoms with Gasteiger partial charge >= 0.3 is 0 Å². The fraction of sp³-hybridized carbons (Fsp3) is 0.615. The molecule has 3 nitrogen and oxygen atoms in total. The van der Waals surface area contributed by atoms with Crippen LogP contribution in [-0.2, 0) is 16.0 Å². The van der Waals surface area contributed by atoms with E-state index in [4.69, 9.17) is 16.3 Å². The number of rotatable bonds is 3. The third-order valence-corrected chi connectivity index (χ3v) is 4.02. The molecular weight excluding hydrogens is 270 g/mol. The monoisotopic (exact) mass is 287 g/mol. The lowest BCUT2D eigenvalue weighted by Gasteiger charge is -2.42. The third-order valence-electron chi connectivity index (χ3n) is 2.94. The van der Waals surface area contributed by atoms with Crippen LogP contribution < -0.4 is 0 Å². The molecule has 1 saturated heterocycles. The zero-order valence-corrected chi connectivity index (χ0v) is 12.3. The summed E-state index contributed by atoms with van der Waals surface area (Å²) in [4.78, 5) is 14.1. The summed E-state index contributed by atoms with van der Waals surface area (Å²) in [7, 11) is 0. The van der Waals surface area contributed by atoms with Crippen LogP contribution in [0.2, 0.25) is 0 Å². The second-order valence-corrected chi connectivity index (χ2v) is 6.33. The number of nitrogens with zero attached hydrogens (tertiary/aromatic N) is 1. The minimum atomic E-state index is -0.317. The van der Waals surface area contributed by atoms with E-state index in [0.29, 0.717) is 25.4 Å². The summed E-state index contributed by atoms with van der Waals surface area (Å²) in [6.45, 7) is 5.21. The van der Waals surface area contributed by atoms with Crippen molar-refractivity contribution in [2.24, 2.45) is 0 Å². The van der Waals surface area contributed by atoms with Gasteiger partial charge in [-0.2, -0.15) is 11.3 Å². The maximum Gasteiger partial charge on any atom is 0.227 e. The van der Waals surface area contributed by atoms with Gasteiger partial charge in [-0.25, -0.2) is 0 Å². The van der Waals surface area contributed by atoms with Gasteiger partial charge in [0.15, 0.2) is 0 Å². The van der Waals surface area contributed by atoms with Crippen molar-refractivity contribution < 1.29 is 9.53 Å². The Balaban J connectivity index is 2.00. The van der Waals surface area contributed by atoms with Gasteiger partial charge in [-0.15, -0.1) is 11.6 Å². The summed E-state index contributed by atoms with van der Waals surface area (Å²) < 4.78 is 5.81. The van der Waals surface area contributed by atoms with Gasteiger partial charge in [-0.1, -0.05) is 0 Å². The second kappa shape index (κ2) is 5.59. The molecule has 18 heavy (non-hydrogen) atoms. The highest BCUT2D eigenvalue weighted by atomic mass is 35.5. The molecule has 1 aliphatic heterocycles. The van der Waals surface area contributed by atoms with Gasteiger partial charge in [0, 0.05) is 13.1 Å². The van der Waals surface area contributed by atoms with Crippen LogP contribution in [0.1, 0.15) is 19.4 Å². The molecule has 2 rings (SSSR count). The SMILES string of the molecule is CC1(C)CN(C(=O)Cc2ccsc2)CC(CCl)O1. The van der Waals surface area contributed by atoms with Gasteiger partial charge in [-0.05, 0) is 36.2 Å². The van der Waals surface area contributed by atoms with E-state index in [1.807, 2.05) is 35.6 Å². The summed E-state index contributed by atoms with van der Waals surface area (Å²) in [5, 5.41) is 4.01. The van der Waals surface area contributed by atoms with Crippen LogP contribution in [0.15, 0.2) is 16.8 Å². The third kappa shape index (κ3) is 3.46. The Morgan fingerprint density at radius 1 is 1.67 bits per heavy atom. The van der Waals surface area contributed by atoms with Crippen LogP contribution >= 0.6 is 22.9 Å². The first-order valence-electron chi connectivity index (χ1n) is 6.03. The van der Waals surface area contributed by atoms with E-state index >= 15 is 0 Å². The van der Waals surface area contributed by atoms with Gasteiger partial charge in [0.2, 0.25) is 5.91 Å². The average molecular weight is 288 g/mol. The molecule has 1 atom stereocenters. The minimum absolute atomic E-state index is 0.0677. The lowest BCUT2D eigenvalue weighted by molar-refractivity contribution is -0.156. The van der Waals surface area contributed by atoms with Crippen LogP contribution in [0.4, 0.5) is 0 Å². The maximum absolute atomic E-state index is 12.2. The summed E-state index contributed by atoms with van der Waals surface area (Å²) >= 11 is 7.48. The Morgan fingerprint density at radius 2 is 2.44 bits per heavy atom. The molecule has 1 aromatic heterocycles. The number of hydrogen-bond acceptors (Lipinski definition) is 3. The number of carbonyl (C=O) groups excluding carboxylic acids is 1. The van der Waals surface area contributed by atoms with Crippen molar-refractivity contribution >= 4 is 28.8 Å². The number of hydrogen-bond donors (Lipinski definition) is 0. The highest BCUT2D eigenvalue weighted by Crippen LogP contribution is 2.22. The van der Waals surface area contributed by atoms with E-state index in [2.05, 4.69) is 0 Å². The topological polar surface area (TPSA) is 29.5 Å². The summed E-state index contributed by atoms with van der Waals surface area (Å²) in [5.74, 6) is 0.575. The molecule has 0 radical (unpaired) electrons. The van der Waals surface area contributed by atoms with Crippen molar-refractivity contribution in [3.8, 4) is 0 Å². The molecular formula is C13H18ClNO2S. The molecule has 0 aromatic carbocycles. The Hall–Kier alpha value is -0.580. The number of thiophene rings is 1. The zero-order chi connectivity index (χ0) is 13.2. The molecule has 0 N–H and O–H groups in total. The first-order valence-corrected chi connectivity index (χ1v) is 7.50. The molecule has 1 amide bonds. The number of morpholine rings is 1. The first kappa shape index (κ1) is 13.8. The predicted octanol–water partition coefficient (Wildman–Crippen LogP) is 2.54. The molecule has 1 aromatic rings. The largest absolute Gasteiger partial charge is 0.367 e. The Morgan fingerprint density at radius 3 is 3.06 bits per heavy atom. The Bertz CT molecular complexity index is 405. The minimum Gasteiger partial charge on any atom is -0.367 e. The fourth-order valence-corrected chi connectivity index (χ4v) is 3.07. The first-order chi connectivity index (χ1) is 8.50. The van der Waals surface area contributed by atoms with Crippen LogP contribution in [0.25, 0.3) is 0 Å². The molecule has 2 heterocycles. The van der Waals surface area contributed by atoms with Crippen molar-refractivity contribution in [1.29, 1.82) is 0 Å². The summed E-state index contributed by atoms with van der Waals surface area (Å²) in [5.41, 5.74) is 0.763. The van der Waals surface area contributed by atoms with Gasteiger partial charge in [0.25, 0.3) is 0 Å². The van der Waals surface area contributed by atoms with Crippen molar-refractivity contribution in [3.63, 3.8) is 0 Å². The predicted molar refractivity (Wildman–Crippen MR) is 74.3 cm³/mol. The van der Waals surface area contributed by atoms with E-state index in [9.17, 15) is 4.79 Å². The Labute approximate surface area is 117 Å². The van der Waals surface area contributed by atoms with E-state index in [1.54, 1.807) is 11.3 Å². The normalized spacial score (nSPS) is 23.1. The van der Waals surface area contributed by atoms with E-state index in [-0.39, 0.29) is 17.6 Å². The number of ether oxygens (including phenoxy) is 1. The standard InChI is InChI=1S/C13H18ClNO2S/c1-13(2)9-15(7-11(6-14)17-13)12(16)5-10-3-4-18-8-10/h3-4,8,11H,5-7,9H2,1-2H3. The molecule has 1 unspecified atom stereocenters. The lowest BCUT2D eigenvalue weighted by Crippen LogP contribution is -2.55. The Kier molecular flexibility index (Phi) is 4.30. The molecule has 1 aliphatic rings. The molecule has 0 aliphatic carbocycles. The van der Waals surface area contributed by atoms with Gasteiger partial charge in [0.05, 0.1) is 24.0 Å². The van der Waals surface area contributed by atoms with Crippen molar-refractivity contribution in [2.45, 2.75) is 32.0 Å². The van der Waals surface area contributed by atoms with Crippen molar-refractivity contribution in [1.82, 2.24) is 4.90 Å². The molecule has 5 heteroatoms. The molecule has 0 spiro atoms. The van der Waals surface area contributed by atoms with E-state index < -0.39 is 0 Å². The molecule has 1 fully saturated rings. The average Bonchev–Trinajstić information content (AvgIpc) is 2.79. The van der Waals surface area contributed by atoms with Crippen LogP contribution in [-0.4, -0.2) is 41.5 Å². The van der Waals surface area contributed by atoms with Crippen LogP contribution in [0.5, 0.6) is 0 Å². The number of halogens is 1. The van der Waals surface area contributed by atoms with E-state index in [1.165, 1.54) is 0 Å². The summed E-state index contributed by atoms with van der Waals surface area (Å²) in [6, 6.07) is 1.99. The highest BCUT2D eigenvalue weighted by molar-refractivity contribution is 7.07. The van der Waals surface area contributed by atoms with E-state index in [0.717, 1.165) is 5.56 Å². The van der Waals surface area contributed by atoms with Crippen molar-refractivity contribution in [3.05, 3.63) is 22.4 Å². The molecule has 0 saturated carbocycles. The quantitative estimate of drug-likeness (QED) is 0.800.